The zero-order chi connectivity index (χ0) is 14.0. The van der Waals surface area contributed by atoms with E-state index in [1.807, 2.05) is 18.2 Å². The summed E-state index contributed by atoms with van der Waals surface area (Å²) in [6, 6.07) is 15.6. The van der Waals surface area contributed by atoms with Gasteiger partial charge in [0.05, 0.1) is 10.6 Å². The molecule has 20 heavy (non-hydrogen) atoms. The highest BCUT2D eigenvalue weighted by Crippen LogP contribution is 2.24. The molecule has 0 atom stereocenters. The number of sulfonamides is 1. The molecule has 2 aromatic carbocycles. The maximum absolute atomic E-state index is 12.3. The van der Waals surface area contributed by atoms with Gasteiger partial charge in [-0.15, -0.1) is 0 Å². The fourth-order valence-electron chi connectivity index (χ4n) is 2.01. The van der Waals surface area contributed by atoms with Crippen molar-refractivity contribution in [2.75, 3.05) is 4.72 Å². The number of fused-ring (bicyclic) bond motifs is 1. The van der Waals surface area contributed by atoms with Gasteiger partial charge in [0, 0.05) is 17.8 Å². The first-order valence-corrected chi connectivity index (χ1v) is 7.56. The Morgan fingerprint density at radius 3 is 2.50 bits per heavy atom. The second-order valence-corrected chi connectivity index (χ2v) is 6.00. The van der Waals surface area contributed by atoms with Crippen molar-refractivity contribution in [2.24, 2.45) is 0 Å². The molecule has 3 aromatic rings. The fourth-order valence-corrected chi connectivity index (χ4v) is 3.11. The van der Waals surface area contributed by atoms with Crippen LogP contribution in [0.2, 0.25) is 0 Å². The predicted molar refractivity (Wildman–Crippen MR) is 79.0 cm³/mol. The smallest absolute Gasteiger partial charge is 0.261 e. The molecule has 0 spiro atoms. The lowest BCUT2D eigenvalue weighted by Gasteiger charge is -2.10. The quantitative estimate of drug-likeness (QED) is 0.804. The normalized spacial score (nSPS) is 11.4. The zero-order valence-electron chi connectivity index (χ0n) is 10.5. The van der Waals surface area contributed by atoms with Gasteiger partial charge in [-0.1, -0.05) is 30.3 Å². The number of benzene rings is 2. The molecule has 0 aliphatic heterocycles. The molecule has 0 amide bonds. The van der Waals surface area contributed by atoms with Gasteiger partial charge in [0.15, 0.2) is 0 Å². The van der Waals surface area contributed by atoms with Crippen LogP contribution in [0.3, 0.4) is 0 Å². The van der Waals surface area contributed by atoms with Gasteiger partial charge in [-0.25, -0.2) is 8.42 Å². The molecule has 0 aliphatic rings. The Kier molecular flexibility index (Phi) is 3.12. The highest BCUT2D eigenvalue weighted by atomic mass is 32.2. The lowest BCUT2D eigenvalue weighted by atomic mass is 10.1. The van der Waals surface area contributed by atoms with Crippen molar-refractivity contribution < 1.29 is 8.42 Å². The van der Waals surface area contributed by atoms with E-state index >= 15 is 0 Å². The van der Waals surface area contributed by atoms with Crippen molar-refractivity contribution in [3.63, 3.8) is 0 Å². The summed E-state index contributed by atoms with van der Waals surface area (Å²) in [4.78, 5) is 4.28. The van der Waals surface area contributed by atoms with Crippen LogP contribution in [0.5, 0.6) is 0 Å². The van der Waals surface area contributed by atoms with Crippen molar-refractivity contribution in [2.45, 2.75) is 4.90 Å². The van der Waals surface area contributed by atoms with Gasteiger partial charge in [0.25, 0.3) is 10.0 Å². The molecule has 100 valence electrons. The molecular weight excluding hydrogens is 272 g/mol. The molecule has 0 unspecified atom stereocenters. The number of hydrogen-bond donors (Lipinski definition) is 1. The van der Waals surface area contributed by atoms with Gasteiger partial charge in [-0.05, 0) is 29.7 Å². The van der Waals surface area contributed by atoms with Gasteiger partial charge in [0.2, 0.25) is 0 Å². The molecule has 4 nitrogen and oxygen atoms in total. The zero-order valence-corrected chi connectivity index (χ0v) is 11.3. The topological polar surface area (TPSA) is 59.1 Å². The Morgan fingerprint density at radius 2 is 1.70 bits per heavy atom. The van der Waals surface area contributed by atoms with Crippen LogP contribution in [0.1, 0.15) is 0 Å². The fraction of sp³-hybridized carbons (Fsp3) is 0. The van der Waals surface area contributed by atoms with E-state index in [1.165, 1.54) is 0 Å². The van der Waals surface area contributed by atoms with E-state index in [-0.39, 0.29) is 4.90 Å². The Hall–Kier alpha value is -2.40. The third-order valence-corrected chi connectivity index (χ3v) is 4.36. The van der Waals surface area contributed by atoms with Gasteiger partial charge in [-0.3, -0.25) is 9.71 Å². The first-order chi connectivity index (χ1) is 9.67. The average molecular weight is 284 g/mol. The summed E-state index contributed by atoms with van der Waals surface area (Å²) in [7, 11) is -3.58. The Labute approximate surface area is 117 Å². The molecule has 1 N–H and O–H groups in total. The van der Waals surface area contributed by atoms with Crippen molar-refractivity contribution >= 4 is 26.5 Å². The SMILES string of the molecule is O=S(=O)(Nc1cccc2ccncc12)c1ccccc1. The van der Waals surface area contributed by atoms with Crippen LogP contribution < -0.4 is 4.72 Å². The second kappa shape index (κ2) is 4.94. The summed E-state index contributed by atoms with van der Waals surface area (Å²) in [5.74, 6) is 0. The maximum atomic E-state index is 12.3. The minimum Gasteiger partial charge on any atom is -0.279 e. The number of pyridine rings is 1. The minimum atomic E-state index is -3.58. The van der Waals surface area contributed by atoms with Crippen LogP contribution in [0, 0.1) is 0 Å². The first kappa shape index (κ1) is 12.6. The van der Waals surface area contributed by atoms with Crippen LogP contribution in [-0.2, 0) is 10.0 Å². The number of nitrogens with zero attached hydrogens (tertiary/aromatic N) is 1. The molecule has 1 aromatic heterocycles. The van der Waals surface area contributed by atoms with Crippen molar-refractivity contribution in [1.29, 1.82) is 0 Å². The highest BCUT2D eigenvalue weighted by Gasteiger charge is 2.14. The number of rotatable bonds is 3. The highest BCUT2D eigenvalue weighted by molar-refractivity contribution is 7.92. The first-order valence-electron chi connectivity index (χ1n) is 6.07. The summed E-state index contributed by atoms with van der Waals surface area (Å²) in [6.45, 7) is 0. The van der Waals surface area contributed by atoms with E-state index < -0.39 is 10.0 Å². The monoisotopic (exact) mass is 284 g/mol. The Morgan fingerprint density at radius 1 is 0.900 bits per heavy atom. The summed E-state index contributed by atoms with van der Waals surface area (Å²) < 4.78 is 27.2. The average Bonchev–Trinajstić information content (AvgIpc) is 2.48. The Bertz CT molecular complexity index is 841. The summed E-state index contributed by atoms with van der Waals surface area (Å²) in [5, 5.41) is 1.71. The molecule has 0 fully saturated rings. The van der Waals surface area contributed by atoms with Gasteiger partial charge < -0.3 is 0 Å². The molecule has 0 aliphatic carbocycles. The van der Waals surface area contributed by atoms with Crippen molar-refractivity contribution in [3.8, 4) is 0 Å². The van der Waals surface area contributed by atoms with Gasteiger partial charge in [0.1, 0.15) is 0 Å². The summed E-state index contributed by atoms with van der Waals surface area (Å²) in [6.07, 6.45) is 3.33. The van der Waals surface area contributed by atoms with E-state index in [0.29, 0.717) is 5.69 Å². The van der Waals surface area contributed by atoms with Crippen LogP contribution in [-0.4, -0.2) is 13.4 Å². The van der Waals surface area contributed by atoms with E-state index in [1.54, 1.807) is 48.8 Å². The maximum Gasteiger partial charge on any atom is 0.261 e. The molecule has 0 radical (unpaired) electrons. The molecule has 5 heteroatoms. The van der Waals surface area contributed by atoms with E-state index in [2.05, 4.69) is 9.71 Å². The Balaban J connectivity index is 2.06. The molecular formula is C15H12N2O2S. The van der Waals surface area contributed by atoms with Gasteiger partial charge >= 0.3 is 0 Å². The lowest BCUT2D eigenvalue weighted by Crippen LogP contribution is -2.13. The molecule has 3 rings (SSSR count). The van der Waals surface area contributed by atoms with Crippen LogP contribution in [0.4, 0.5) is 5.69 Å². The summed E-state index contributed by atoms with van der Waals surface area (Å²) >= 11 is 0. The third kappa shape index (κ3) is 2.35. The number of aromatic nitrogens is 1. The summed E-state index contributed by atoms with van der Waals surface area (Å²) in [5.41, 5.74) is 0.527. The van der Waals surface area contributed by atoms with Crippen LogP contribution in [0.25, 0.3) is 10.8 Å². The number of anilines is 1. The molecule has 0 saturated carbocycles. The predicted octanol–water partition coefficient (Wildman–Crippen LogP) is 3.04. The standard InChI is InChI=1S/C15H12N2O2S/c18-20(19,13-6-2-1-3-7-13)17-15-8-4-5-12-9-10-16-11-14(12)15/h1-11,17H. The number of hydrogen-bond acceptors (Lipinski definition) is 3. The van der Waals surface area contributed by atoms with Crippen LogP contribution in [0.15, 0.2) is 71.9 Å². The van der Waals surface area contributed by atoms with Crippen molar-refractivity contribution in [3.05, 3.63) is 67.0 Å². The molecule has 1 heterocycles. The van der Waals surface area contributed by atoms with Crippen molar-refractivity contribution in [1.82, 2.24) is 4.98 Å². The van der Waals surface area contributed by atoms with Gasteiger partial charge in [-0.2, -0.15) is 0 Å². The van der Waals surface area contributed by atoms with E-state index in [0.717, 1.165) is 10.8 Å². The second-order valence-electron chi connectivity index (χ2n) is 4.32. The molecule has 0 saturated heterocycles. The van der Waals surface area contributed by atoms with E-state index in [4.69, 9.17) is 0 Å². The molecule has 0 bridgehead atoms. The lowest BCUT2D eigenvalue weighted by molar-refractivity contribution is 0.601. The largest absolute Gasteiger partial charge is 0.279 e. The third-order valence-electron chi connectivity index (χ3n) is 2.98. The minimum absolute atomic E-state index is 0.237. The number of nitrogens with one attached hydrogen (secondary N) is 1. The van der Waals surface area contributed by atoms with Crippen LogP contribution >= 0.6 is 0 Å². The van der Waals surface area contributed by atoms with E-state index in [9.17, 15) is 8.42 Å².